The van der Waals surface area contributed by atoms with Crippen molar-refractivity contribution >= 4 is 23.9 Å². The van der Waals surface area contributed by atoms with Gasteiger partial charge in [0.1, 0.15) is 5.60 Å². The van der Waals surface area contributed by atoms with Gasteiger partial charge in [0.25, 0.3) is 0 Å². The number of hydrogen-bond acceptors (Lipinski definition) is 7. The van der Waals surface area contributed by atoms with Crippen LogP contribution < -0.4 is 0 Å². The summed E-state index contributed by atoms with van der Waals surface area (Å²) >= 11 is 0. The Labute approximate surface area is 192 Å². The van der Waals surface area contributed by atoms with Crippen molar-refractivity contribution in [3.8, 4) is 0 Å². The van der Waals surface area contributed by atoms with E-state index in [2.05, 4.69) is 25.5 Å². The summed E-state index contributed by atoms with van der Waals surface area (Å²) in [6.45, 7) is 7.24. The monoisotopic (exact) mass is 458 g/mol. The first-order valence-corrected chi connectivity index (χ1v) is 11.9. The fourth-order valence-corrected chi connectivity index (χ4v) is 3.74. The van der Waals surface area contributed by atoms with Gasteiger partial charge in [0, 0.05) is 6.92 Å². The van der Waals surface area contributed by atoms with Crippen molar-refractivity contribution in [1.82, 2.24) is 0 Å². The summed E-state index contributed by atoms with van der Waals surface area (Å²) in [4.78, 5) is 47.0. The highest BCUT2D eigenvalue weighted by atomic mass is 16.6. The first kappa shape index (κ1) is 30.0. The van der Waals surface area contributed by atoms with Crippen LogP contribution in [0.1, 0.15) is 118 Å². The lowest BCUT2D eigenvalue weighted by Crippen LogP contribution is -2.45. The zero-order chi connectivity index (χ0) is 24.6. The van der Waals surface area contributed by atoms with Crippen molar-refractivity contribution in [2.75, 3.05) is 0 Å². The summed E-state index contributed by atoms with van der Waals surface area (Å²) in [7, 11) is 0. The average Bonchev–Trinajstić information content (AvgIpc) is 2.69. The zero-order valence-electron chi connectivity index (χ0n) is 20.2. The Morgan fingerprint density at radius 1 is 0.719 bits per heavy atom. The molecule has 0 saturated carbocycles. The Hall–Kier alpha value is -1.96. The highest BCUT2D eigenvalue weighted by Gasteiger charge is 2.44. The molecule has 0 bridgehead atoms. The van der Waals surface area contributed by atoms with Gasteiger partial charge < -0.3 is 19.7 Å². The van der Waals surface area contributed by atoms with Crippen LogP contribution in [0.15, 0.2) is 0 Å². The number of ether oxygens (including phenoxy) is 2. The van der Waals surface area contributed by atoms with Gasteiger partial charge in [0.2, 0.25) is 0 Å². The minimum Gasteiger partial charge on any atom is -0.479 e. The Morgan fingerprint density at radius 3 is 1.66 bits per heavy atom. The third-order valence-corrected chi connectivity index (χ3v) is 5.57. The van der Waals surface area contributed by atoms with Crippen LogP contribution in [0.3, 0.4) is 0 Å². The molecule has 186 valence electrons. The third kappa shape index (κ3) is 12.2. The molecule has 0 amide bonds. The van der Waals surface area contributed by atoms with Crippen LogP contribution in [0.5, 0.6) is 0 Å². The first-order chi connectivity index (χ1) is 15.0. The van der Waals surface area contributed by atoms with E-state index in [0.29, 0.717) is 19.3 Å². The fourth-order valence-electron chi connectivity index (χ4n) is 3.74. The summed E-state index contributed by atoms with van der Waals surface area (Å²) in [5, 5.41) is 19.9. The average molecular weight is 459 g/mol. The van der Waals surface area contributed by atoms with Crippen LogP contribution in [0.4, 0.5) is 0 Å². The molecule has 0 heterocycles. The van der Waals surface area contributed by atoms with Gasteiger partial charge in [0.05, 0.1) is 12.8 Å². The van der Waals surface area contributed by atoms with Crippen LogP contribution in [0.2, 0.25) is 0 Å². The van der Waals surface area contributed by atoms with Crippen molar-refractivity contribution < 1.29 is 38.9 Å². The molecule has 0 aromatic carbocycles. The molecule has 2 N–H and O–H groups in total. The first-order valence-electron chi connectivity index (χ1n) is 11.9. The summed E-state index contributed by atoms with van der Waals surface area (Å²) in [6.07, 6.45) is 8.99. The summed E-state index contributed by atoms with van der Waals surface area (Å²) in [5.41, 5.74) is -3.42. The molecular formula is C24H42O8. The Bertz CT molecular complexity index is 593. The van der Waals surface area contributed by atoms with E-state index in [-0.39, 0.29) is 0 Å². The standard InChI is InChI=1S/C24H42O8/c1-5-8-11-12-13-16-23(14-9-6-2,15-10-7-3)32-21(27)18-24(30,22(28)29)17-20(26)31-19(4)25/h30H,5-18H2,1-4H3,(H,28,29). The predicted octanol–water partition coefficient (Wildman–Crippen LogP) is 4.69. The zero-order valence-corrected chi connectivity index (χ0v) is 20.2. The number of unbranched alkanes of at least 4 members (excludes halogenated alkanes) is 6. The van der Waals surface area contributed by atoms with E-state index in [1.807, 2.05) is 0 Å². The number of carbonyl (C=O) groups is 4. The second kappa shape index (κ2) is 15.8. The highest BCUT2D eigenvalue weighted by Crippen LogP contribution is 2.33. The van der Waals surface area contributed by atoms with Gasteiger partial charge in [-0.15, -0.1) is 0 Å². The number of carboxylic acid groups (broad SMARTS) is 1. The van der Waals surface area contributed by atoms with Crippen LogP contribution in [-0.4, -0.2) is 45.3 Å². The lowest BCUT2D eigenvalue weighted by Gasteiger charge is -2.35. The smallest absolute Gasteiger partial charge is 0.336 e. The molecule has 0 aliphatic carbocycles. The SMILES string of the molecule is CCCCCCCC(CCCC)(CCCC)OC(=O)CC(O)(CC(=O)OC(C)=O)C(=O)O. The van der Waals surface area contributed by atoms with Crippen LogP contribution >= 0.6 is 0 Å². The summed E-state index contributed by atoms with van der Waals surface area (Å²) in [6, 6.07) is 0. The maximum Gasteiger partial charge on any atom is 0.336 e. The number of aliphatic hydroxyl groups is 1. The molecule has 0 rings (SSSR count). The second-order valence-electron chi connectivity index (χ2n) is 8.68. The predicted molar refractivity (Wildman–Crippen MR) is 120 cm³/mol. The number of hydrogen-bond donors (Lipinski definition) is 2. The fraction of sp³-hybridized carbons (Fsp3) is 0.833. The lowest BCUT2D eigenvalue weighted by molar-refractivity contribution is -0.181. The molecule has 32 heavy (non-hydrogen) atoms. The van der Waals surface area contributed by atoms with Gasteiger partial charge in [-0.05, 0) is 38.5 Å². The van der Waals surface area contributed by atoms with E-state index in [0.717, 1.165) is 64.7 Å². The molecule has 8 heteroatoms. The number of rotatable bonds is 18. The Morgan fingerprint density at radius 2 is 1.19 bits per heavy atom. The molecule has 0 aromatic heterocycles. The van der Waals surface area contributed by atoms with Gasteiger partial charge in [0.15, 0.2) is 5.60 Å². The molecule has 0 aliphatic rings. The largest absolute Gasteiger partial charge is 0.479 e. The molecule has 0 aliphatic heterocycles. The van der Waals surface area contributed by atoms with E-state index in [1.54, 1.807) is 0 Å². The normalized spacial score (nSPS) is 13.3. The summed E-state index contributed by atoms with van der Waals surface area (Å²) < 4.78 is 10.2. The molecule has 0 fully saturated rings. The van der Waals surface area contributed by atoms with Gasteiger partial charge in [-0.2, -0.15) is 0 Å². The van der Waals surface area contributed by atoms with Crippen molar-refractivity contribution in [2.24, 2.45) is 0 Å². The van der Waals surface area contributed by atoms with Gasteiger partial charge >= 0.3 is 23.9 Å². The van der Waals surface area contributed by atoms with Crippen molar-refractivity contribution in [2.45, 2.75) is 129 Å². The molecular weight excluding hydrogens is 416 g/mol. The topological polar surface area (TPSA) is 127 Å². The molecule has 0 spiro atoms. The van der Waals surface area contributed by atoms with Crippen LogP contribution in [0, 0.1) is 0 Å². The molecule has 0 aromatic rings. The van der Waals surface area contributed by atoms with E-state index in [1.165, 1.54) is 0 Å². The Kier molecular flexibility index (Phi) is 14.8. The van der Waals surface area contributed by atoms with Gasteiger partial charge in [-0.3, -0.25) is 14.4 Å². The Balaban J connectivity index is 5.43. The van der Waals surface area contributed by atoms with Crippen molar-refractivity contribution in [3.05, 3.63) is 0 Å². The minimum atomic E-state index is -2.70. The molecule has 1 atom stereocenters. The number of carboxylic acids is 1. The molecule has 0 radical (unpaired) electrons. The van der Waals surface area contributed by atoms with E-state index in [9.17, 15) is 29.4 Å². The molecule has 0 saturated heterocycles. The van der Waals surface area contributed by atoms with Crippen LogP contribution in [0.25, 0.3) is 0 Å². The van der Waals surface area contributed by atoms with Crippen LogP contribution in [-0.2, 0) is 28.7 Å². The number of carbonyl (C=O) groups excluding carboxylic acids is 3. The number of esters is 3. The van der Waals surface area contributed by atoms with Crippen molar-refractivity contribution in [1.29, 1.82) is 0 Å². The van der Waals surface area contributed by atoms with Gasteiger partial charge in [-0.25, -0.2) is 4.79 Å². The third-order valence-electron chi connectivity index (χ3n) is 5.57. The van der Waals surface area contributed by atoms with Crippen molar-refractivity contribution in [3.63, 3.8) is 0 Å². The minimum absolute atomic E-state index is 0.668. The van der Waals surface area contributed by atoms with E-state index in [4.69, 9.17) is 4.74 Å². The lowest BCUT2D eigenvalue weighted by atomic mass is 9.85. The van der Waals surface area contributed by atoms with Gasteiger partial charge in [-0.1, -0.05) is 59.3 Å². The van der Waals surface area contributed by atoms with E-state index >= 15 is 0 Å². The second-order valence-corrected chi connectivity index (χ2v) is 8.68. The number of aliphatic carboxylic acids is 1. The maximum absolute atomic E-state index is 12.8. The molecule has 1 unspecified atom stereocenters. The highest BCUT2D eigenvalue weighted by molar-refractivity contribution is 5.92. The van der Waals surface area contributed by atoms with E-state index < -0.39 is 47.9 Å². The maximum atomic E-state index is 12.8. The summed E-state index contributed by atoms with van der Waals surface area (Å²) in [5.74, 6) is -4.76. The molecule has 8 nitrogen and oxygen atoms in total. The quantitative estimate of drug-likeness (QED) is 0.172.